The quantitative estimate of drug-likeness (QED) is 0.411. The van der Waals surface area contributed by atoms with Crippen LogP contribution in [-0.2, 0) is 4.79 Å². The molecule has 0 saturated heterocycles. The van der Waals surface area contributed by atoms with E-state index < -0.39 is 5.60 Å². The molecule has 4 aliphatic carbocycles. The predicted octanol–water partition coefficient (Wildman–Crippen LogP) is 6.07. The van der Waals surface area contributed by atoms with Gasteiger partial charge in [0.15, 0.2) is 0 Å². The molecule has 0 radical (unpaired) electrons. The van der Waals surface area contributed by atoms with Gasteiger partial charge in [0.2, 0.25) is 0 Å². The number of hydrogen-bond donors (Lipinski definition) is 2. The minimum Gasteiger partial charge on any atom is -0.392 e. The number of allylic oxidation sites excluding steroid dienone is 1. The van der Waals surface area contributed by atoms with E-state index in [2.05, 4.69) is 33.8 Å². The van der Waals surface area contributed by atoms with E-state index in [0.717, 1.165) is 44.9 Å². The third-order valence-electron chi connectivity index (χ3n) is 10.6. The second-order valence-electron chi connectivity index (χ2n) is 13.2. The number of carbonyl (C=O) groups is 1. The van der Waals surface area contributed by atoms with Crippen LogP contribution in [0, 0.1) is 39.9 Å². The number of ketones is 1. The van der Waals surface area contributed by atoms with Gasteiger partial charge in [0.25, 0.3) is 0 Å². The maximum absolute atomic E-state index is 13.9. The maximum Gasteiger partial charge on any atom is 0.140 e. The standard InChI is InChI=1S/C28H46O3/c1-25(2,31)16-8-7-9-18-10-11-20-22-13-12-19-21(14-15-23(29)26(19,3)4)28(22,6)24(30)17-27(18,20)5/h12,18,20-23,29,31H,7-11,13-17H2,1-6H3/t18?,20?,21?,22?,23-,27+,28-/m0/s1. The number of rotatable bonds is 5. The van der Waals surface area contributed by atoms with E-state index in [-0.39, 0.29) is 22.3 Å². The fraction of sp³-hybridized carbons (Fsp3) is 0.893. The molecule has 0 aromatic rings. The Balaban J connectivity index is 1.55. The molecule has 0 bridgehead atoms. The zero-order valence-corrected chi connectivity index (χ0v) is 20.8. The van der Waals surface area contributed by atoms with Crippen molar-refractivity contribution in [2.45, 2.75) is 117 Å². The first-order chi connectivity index (χ1) is 14.3. The second kappa shape index (κ2) is 7.69. The van der Waals surface area contributed by atoms with Crippen LogP contribution in [0.15, 0.2) is 11.6 Å². The third kappa shape index (κ3) is 3.66. The van der Waals surface area contributed by atoms with Crippen molar-refractivity contribution < 1.29 is 15.0 Å². The number of Topliss-reactive ketones (excluding diaryl/α,β-unsaturated/α-hetero) is 1. The van der Waals surface area contributed by atoms with Crippen molar-refractivity contribution in [2.24, 2.45) is 39.9 Å². The van der Waals surface area contributed by atoms with Crippen molar-refractivity contribution in [3.63, 3.8) is 0 Å². The van der Waals surface area contributed by atoms with Gasteiger partial charge in [0, 0.05) is 17.3 Å². The van der Waals surface area contributed by atoms with Crippen LogP contribution in [-0.4, -0.2) is 27.7 Å². The molecule has 7 atom stereocenters. The van der Waals surface area contributed by atoms with Crippen LogP contribution in [0.1, 0.15) is 106 Å². The molecule has 0 aliphatic heterocycles. The summed E-state index contributed by atoms with van der Waals surface area (Å²) in [4.78, 5) is 13.9. The Bertz CT molecular complexity index is 744. The highest BCUT2D eigenvalue weighted by atomic mass is 16.3. The van der Waals surface area contributed by atoms with Gasteiger partial charge in [-0.2, -0.15) is 0 Å². The first kappa shape index (κ1) is 23.5. The van der Waals surface area contributed by atoms with Crippen LogP contribution in [0.2, 0.25) is 0 Å². The van der Waals surface area contributed by atoms with E-state index in [1.165, 1.54) is 24.8 Å². The zero-order valence-electron chi connectivity index (χ0n) is 20.8. The van der Waals surface area contributed by atoms with E-state index in [1.54, 1.807) is 0 Å². The Morgan fingerprint density at radius 3 is 2.42 bits per heavy atom. The molecule has 3 heteroatoms. The number of unbranched alkanes of at least 4 members (excludes halogenated alkanes) is 1. The molecule has 31 heavy (non-hydrogen) atoms. The van der Waals surface area contributed by atoms with Gasteiger partial charge >= 0.3 is 0 Å². The second-order valence-corrected chi connectivity index (χ2v) is 13.2. The topological polar surface area (TPSA) is 57.5 Å². The molecule has 176 valence electrons. The number of aliphatic hydroxyl groups excluding tert-OH is 1. The van der Waals surface area contributed by atoms with Crippen molar-refractivity contribution in [3.05, 3.63) is 11.6 Å². The molecule has 4 aliphatic rings. The molecular formula is C28H46O3. The molecule has 2 N–H and O–H groups in total. The molecule has 3 saturated carbocycles. The van der Waals surface area contributed by atoms with Gasteiger partial charge in [-0.05, 0) is 87.9 Å². The average molecular weight is 431 g/mol. The van der Waals surface area contributed by atoms with E-state index >= 15 is 0 Å². The first-order valence-corrected chi connectivity index (χ1v) is 13.0. The molecule has 4 rings (SSSR count). The van der Waals surface area contributed by atoms with Crippen LogP contribution in [0.3, 0.4) is 0 Å². The predicted molar refractivity (Wildman–Crippen MR) is 126 cm³/mol. The lowest BCUT2D eigenvalue weighted by Gasteiger charge is -2.60. The summed E-state index contributed by atoms with van der Waals surface area (Å²) in [5.74, 6) is 2.56. The lowest BCUT2D eigenvalue weighted by atomic mass is 9.43. The summed E-state index contributed by atoms with van der Waals surface area (Å²) >= 11 is 0. The van der Waals surface area contributed by atoms with Crippen LogP contribution < -0.4 is 0 Å². The number of carbonyl (C=O) groups excluding carboxylic acids is 1. The highest BCUT2D eigenvalue weighted by Crippen LogP contribution is 2.68. The van der Waals surface area contributed by atoms with Gasteiger partial charge in [-0.15, -0.1) is 0 Å². The Kier molecular flexibility index (Phi) is 5.83. The van der Waals surface area contributed by atoms with Gasteiger partial charge in [0.1, 0.15) is 5.78 Å². The molecule has 4 unspecified atom stereocenters. The highest BCUT2D eigenvalue weighted by molar-refractivity contribution is 5.88. The number of hydrogen-bond acceptors (Lipinski definition) is 3. The van der Waals surface area contributed by atoms with Crippen molar-refractivity contribution in [3.8, 4) is 0 Å². The Hall–Kier alpha value is -0.670. The molecule has 3 fully saturated rings. The lowest BCUT2D eigenvalue weighted by Crippen LogP contribution is -2.59. The summed E-state index contributed by atoms with van der Waals surface area (Å²) in [5, 5.41) is 20.7. The molecule has 3 nitrogen and oxygen atoms in total. The third-order valence-corrected chi connectivity index (χ3v) is 10.6. The van der Waals surface area contributed by atoms with Crippen LogP contribution >= 0.6 is 0 Å². The Morgan fingerprint density at radius 1 is 1.03 bits per heavy atom. The van der Waals surface area contributed by atoms with Crippen molar-refractivity contribution in [1.29, 1.82) is 0 Å². The highest BCUT2D eigenvalue weighted by Gasteiger charge is 2.65. The van der Waals surface area contributed by atoms with E-state index in [0.29, 0.717) is 29.5 Å². The van der Waals surface area contributed by atoms with Crippen molar-refractivity contribution in [1.82, 2.24) is 0 Å². The summed E-state index contributed by atoms with van der Waals surface area (Å²) in [7, 11) is 0. The van der Waals surface area contributed by atoms with E-state index in [4.69, 9.17) is 0 Å². The Labute approximate surface area is 190 Å². The Morgan fingerprint density at radius 2 is 1.74 bits per heavy atom. The van der Waals surface area contributed by atoms with Gasteiger partial charge < -0.3 is 10.2 Å². The van der Waals surface area contributed by atoms with E-state index in [1.807, 2.05) is 13.8 Å². The van der Waals surface area contributed by atoms with Crippen LogP contribution in [0.5, 0.6) is 0 Å². The number of aliphatic hydroxyl groups is 2. The molecule has 0 spiro atoms. The van der Waals surface area contributed by atoms with E-state index in [9.17, 15) is 15.0 Å². The van der Waals surface area contributed by atoms with Gasteiger partial charge in [0.05, 0.1) is 11.7 Å². The average Bonchev–Trinajstić information content (AvgIpc) is 2.97. The molecule has 0 amide bonds. The van der Waals surface area contributed by atoms with Crippen molar-refractivity contribution in [2.75, 3.05) is 0 Å². The fourth-order valence-corrected chi connectivity index (χ4v) is 8.49. The summed E-state index contributed by atoms with van der Waals surface area (Å²) in [6, 6.07) is 0. The maximum atomic E-state index is 13.9. The summed E-state index contributed by atoms with van der Waals surface area (Å²) in [6.45, 7) is 12.9. The summed E-state index contributed by atoms with van der Waals surface area (Å²) in [5.41, 5.74) is 0.476. The van der Waals surface area contributed by atoms with Crippen molar-refractivity contribution >= 4 is 5.78 Å². The zero-order chi connectivity index (χ0) is 22.8. The van der Waals surface area contributed by atoms with Crippen LogP contribution in [0.25, 0.3) is 0 Å². The van der Waals surface area contributed by atoms with Gasteiger partial charge in [-0.25, -0.2) is 0 Å². The van der Waals surface area contributed by atoms with Gasteiger partial charge in [-0.3, -0.25) is 4.79 Å². The molecule has 0 aromatic heterocycles. The molecule has 0 heterocycles. The van der Waals surface area contributed by atoms with Crippen LogP contribution in [0.4, 0.5) is 0 Å². The SMILES string of the molecule is CC(C)(O)CCCCC1CCC2C3CC=C4C(CC[C@H](O)C4(C)C)[C@]3(C)C(=O)C[C@]12C. The molecular weight excluding hydrogens is 384 g/mol. The lowest BCUT2D eigenvalue weighted by molar-refractivity contribution is -0.155. The van der Waals surface area contributed by atoms with Gasteiger partial charge in [-0.1, -0.05) is 52.2 Å². The monoisotopic (exact) mass is 430 g/mol. The largest absolute Gasteiger partial charge is 0.392 e. The minimum atomic E-state index is -0.571. The number of fused-ring (bicyclic) bond motifs is 5. The summed E-state index contributed by atoms with van der Waals surface area (Å²) in [6.07, 6.45) is 12.5. The smallest absolute Gasteiger partial charge is 0.140 e. The minimum absolute atomic E-state index is 0.144. The fourth-order valence-electron chi connectivity index (χ4n) is 8.49. The summed E-state index contributed by atoms with van der Waals surface area (Å²) < 4.78 is 0. The molecule has 0 aromatic carbocycles. The normalized spacial score (nSPS) is 44.3. The first-order valence-electron chi connectivity index (χ1n) is 13.0.